The zero-order valence-electron chi connectivity index (χ0n) is 16.8. The van der Waals surface area contributed by atoms with Crippen molar-refractivity contribution in [2.24, 2.45) is 11.8 Å². The third-order valence-corrected chi connectivity index (χ3v) is 6.33. The monoisotopic (exact) mass is 380 g/mol. The van der Waals surface area contributed by atoms with Crippen LogP contribution in [0.3, 0.4) is 0 Å². The number of nitrogens with one attached hydrogen (secondary N) is 2. The van der Waals surface area contributed by atoms with Crippen LogP contribution in [0.25, 0.3) is 0 Å². The van der Waals surface area contributed by atoms with Gasteiger partial charge >= 0.3 is 0 Å². The summed E-state index contributed by atoms with van der Waals surface area (Å²) in [7, 11) is 0. The van der Waals surface area contributed by atoms with Gasteiger partial charge in [0.15, 0.2) is 0 Å². The molecule has 2 aliphatic rings. The Morgan fingerprint density at radius 1 is 1.25 bits per heavy atom. The molecule has 3 heterocycles. The van der Waals surface area contributed by atoms with E-state index in [0.717, 1.165) is 19.6 Å². The second-order valence-electron chi connectivity index (χ2n) is 8.04. The van der Waals surface area contributed by atoms with Crippen LogP contribution in [0.15, 0.2) is 29.1 Å². The highest BCUT2D eigenvalue weighted by Gasteiger charge is 2.47. The van der Waals surface area contributed by atoms with Crippen molar-refractivity contribution in [2.75, 3.05) is 19.6 Å². The fourth-order valence-electron chi connectivity index (χ4n) is 4.79. The maximum atomic E-state index is 13.3. The molecule has 3 atom stereocenters. The smallest absolute Gasteiger partial charge is 0.254 e. The molecule has 1 aromatic heterocycles. The molecule has 2 saturated heterocycles. The molecule has 2 fully saturated rings. The maximum absolute atomic E-state index is 13.3. The van der Waals surface area contributed by atoms with Gasteiger partial charge in [-0.3, -0.25) is 9.59 Å². The maximum Gasteiger partial charge on any atom is 0.254 e. The number of nitrogens with zero attached hydrogens (tertiary/aromatic N) is 2. The summed E-state index contributed by atoms with van der Waals surface area (Å²) in [5, 5.41) is 3.48. The highest BCUT2D eigenvalue weighted by Crippen LogP contribution is 2.43. The molecule has 1 amide bonds. The van der Waals surface area contributed by atoms with Gasteiger partial charge < -0.3 is 15.2 Å². The fourth-order valence-corrected chi connectivity index (χ4v) is 4.79. The summed E-state index contributed by atoms with van der Waals surface area (Å²) in [6.45, 7) is 8.50. The minimum absolute atomic E-state index is 0.0160. The number of aryl methyl sites for hydroxylation is 3. The molecule has 2 N–H and O–H groups in total. The number of carbonyl (C=O) groups is 1. The molecule has 28 heavy (non-hydrogen) atoms. The summed E-state index contributed by atoms with van der Waals surface area (Å²) >= 11 is 0. The first-order valence-corrected chi connectivity index (χ1v) is 10.1. The normalized spacial score (nSPS) is 23.8. The van der Waals surface area contributed by atoms with Gasteiger partial charge in [-0.25, -0.2) is 4.98 Å². The average Bonchev–Trinajstić information content (AvgIpc) is 3.26. The molecule has 2 aromatic rings. The van der Waals surface area contributed by atoms with E-state index in [4.69, 9.17) is 0 Å². The predicted molar refractivity (Wildman–Crippen MR) is 108 cm³/mol. The molecule has 0 spiro atoms. The molecule has 0 bridgehead atoms. The Bertz CT molecular complexity index is 952. The van der Waals surface area contributed by atoms with Crippen LogP contribution in [0.1, 0.15) is 41.2 Å². The van der Waals surface area contributed by atoms with E-state index in [1.54, 1.807) is 0 Å². The van der Waals surface area contributed by atoms with Gasteiger partial charge in [0.25, 0.3) is 5.56 Å². The molecule has 148 valence electrons. The standard InChI is InChI=1S/C22H28N4O2/c1-4-19-24-14(3)17(22(28)25-19)9-20(27)26-12-15-10-23-11-18(15)21(26)16-8-6-5-7-13(16)2/h5-8,15,18,21,23H,4,9-12H2,1-3H3,(H,24,25,28)/t15-,18-,21+/m0/s1. The van der Waals surface area contributed by atoms with E-state index in [9.17, 15) is 9.59 Å². The Labute approximate surface area is 165 Å². The number of hydrogen-bond acceptors (Lipinski definition) is 4. The number of fused-ring (bicyclic) bond motifs is 1. The van der Waals surface area contributed by atoms with Gasteiger partial charge in [-0.15, -0.1) is 0 Å². The van der Waals surface area contributed by atoms with E-state index in [-0.39, 0.29) is 23.9 Å². The Morgan fingerprint density at radius 3 is 2.75 bits per heavy atom. The Morgan fingerprint density at radius 2 is 2.04 bits per heavy atom. The van der Waals surface area contributed by atoms with Gasteiger partial charge in [0, 0.05) is 43.2 Å². The molecule has 4 rings (SSSR count). The van der Waals surface area contributed by atoms with Gasteiger partial charge in [0.05, 0.1) is 12.5 Å². The summed E-state index contributed by atoms with van der Waals surface area (Å²) in [5.74, 6) is 1.57. The molecule has 6 nitrogen and oxygen atoms in total. The van der Waals surface area contributed by atoms with Crippen molar-refractivity contribution >= 4 is 5.91 Å². The number of carbonyl (C=O) groups excluding carboxylic acids is 1. The van der Waals surface area contributed by atoms with Gasteiger partial charge in [0.1, 0.15) is 5.82 Å². The number of aromatic amines is 1. The van der Waals surface area contributed by atoms with E-state index in [1.807, 2.05) is 30.9 Å². The summed E-state index contributed by atoms with van der Waals surface area (Å²) in [6, 6.07) is 8.39. The van der Waals surface area contributed by atoms with Crippen molar-refractivity contribution in [3.8, 4) is 0 Å². The fraction of sp³-hybridized carbons (Fsp3) is 0.500. The number of rotatable bonds is 4. The van der Waals surface area contributed by atoms with E-state index in [2.05, 4.69) is 34.3 Å². The summed E-state index contributed by atoms with van der Waals surface area (Å²) < 4.78 is 0. The molecule has 0 radical (unpaired) electrons. The first kappa shape index (κ1) is 18.9. The third-order valence-electron chi connectivity index (χ3n) is 6.33. The lowest BCUT2D eigenvalue weighted by Crippen LogP contribution is -2.37. The highest BCUT2D eigenvalue weighted by molar-refractivity contribution is 5.80. The summed E-state index contributed by atoms with van der Waals surface area (Å²) in [5.41, 5.74) is 3.38. The van der Waals surface area contributed by atoms with Crippen LogP contribution < -0.4 is 10.9 Å². The quantitative estimate of drug-likeness (QED) is 0.849. The molecule has 6 heteroatoms. The number of H-pyrrole nitrogens is 1. The van der Waals surface area contributed by atoms with Crippen LogP contribution in [0, 0.1) is 25.7 Å². The van der Waals surface area contributed by atoms with Crippen molar-refractivity contribution in [3.05, 3.63) is 62.8 Å². The molecule has 0 saturated carbocycles. The third kappa shape index (κ3) is 3.26. The number of hydrogen-bond donors (Lipinski definition) is 2. The summed E-state index contributed by atoms with van der Waals surface area (Å²) in [6.07, 6.45) is 0.773. The average molecular weight is 380 g/mol. The predicted octanol–water partition coefficient (Wildman–Crippen LogP) is 1.91. The van der Waals surface area contributed by atoms with Crippen molar-refractivity contribution in [2.45, 2.75) is 39.7 Å². The molecular weight excluding hydrogens is 352 g/mol. The van der Waals surface area contributed by atoms with Crippen LogP contribution in [0.2, 0.25) is 0 Å². The minimum atomic E-state index is -0.189. The largest absolute Gasteiger partial charge is 0.335 e. The Hall–Kier alpha value is -2.47. The first-order chi connectivity index (χ1) is 13.5. The molecule has 0 aliphatic carbocycles. The van der Waals surface area contributed by atoms with Crippen LogP contribution in [-0.2, 0) is 17.6 Å². The Balaban J connectivity index is 1.65. The van der Waals surface area contributed by atoms with E-state index >= 15 is 0 Å². The zero-order valence-corrected chi connectivity index (χ0v) is 16.8. The summed E-state index contributed by atoms with van der Waals surface area (Å²) in [4.78, 5) is 35.1. The number of aromatic nitrogens is 2. The molecular formula is C22H28N4O2. The van der Waals surface area contributed by atoms with Crippen LogP contribution in [-0.4, -0.2) is 40.4 Å². The SMILES string of the molecule is CCc1nc(C)c(CC(=O)N2C[C@@H]3CNC[C@@H]3[C@H]2c2ccccc2C)c(=O)[nH]1. The first-order valence-electron chi connectivity index (χ1n) is 10.1. The zero-order chi connectivity index (χ0) is 19.8. The highest BCUT2D eigenvalue weighted by atomic mass is 16.2. The Kier molecular flexibility index (Phi) is 5.06. The molecule has 1 aromatic carbocycles. The van der Waals surface area contributed by atoms with Gasteiger partial charge in [0.2, 0.25) is 5.91 Å². The topological polar surface area (TPSA) is 78.1 Å². The van der Waals surface area contributed by atoms with E-state index in [1.165, 1.54) is 11.1 Å². The van der Waals surface area contributed by atoms with Gasteiger partial charge in [-0.1, -0.05) is 31.2 Å². The van der Waals surface area contributed by atoms with Gasteiger partial charge in [-0.05, 0) is 30.9 Å². The van der Waals surface area contributed by atoms with Crippen molar-refractivity contribution in [3.63, 3.8) is 0 Å². The number of likely N-dealkylation sites (tertiary alicyclic amines) is 1. The van der Waals surface area contributed by atoms with E-state index in [0.29, 0.717) is 35.3 Å². The van der Waals surface area contributed by atoms with Crippen LogP contribution in [0.4, 0.5) is 0 Å². The van der Waals surface area contributed by atoms with Crippen LogP contribution in [0.5, 0.6) is 0 Å². The lowest BCUT2D eigenvalue weighted by Gasteiger charge is -2.29. The number of benzene rings is 1. The van der Waals surface area contributed by atoms with Crippen molar-refractivity contribution < 1.29 is 4.79 Å². The lowest BCUT2D eigenvalue weighted by molar-refractivity contribution is -0.132. The van der Waals surface area contributed by atoms with Crippen molar-refractivity contribution in [1.82, 2.24) is 20.2 Å². The second kappa shape index (κ2) is 7.51. The second-order valence-corrected chi connectivity index (χ2v) is 8.04. The van der Waals surface area contributed by atoms with Crippen molar-refractivity contribution in [1.29, 1.82) is 0 Å². The minimum Gasteiger partial charge on any atom is -0.335 e. The van der Waals surface area contributed by atoms with Crippen LogP contribution >= 0.6 is 0 Å². The number of amides is 1. The molecule has 2 aliphatic heterocycles. The lowest BCUT2D eigenvalue weighted by atomic mass is 9.87. The van der Waals surface area contributed by atoms with Gasteiger partial charge in [-0.2, -0.15) is 0 Å². The van der Waals surface area contributed by atoms with E-state index < -0.39 is 0 Å². The molecule has 0 unspecified atom stereocenters.